The predicted octanol–water partition coefficient (Wildman–Crippen LogP) is 4.82. The Balaban J connectivity index is 1.75. The van der Waals surface area contributed by atoms with Crippen molar-refractivity contribution in [3.63, 3.8) is 0 Å². The molecule has 0 spiro atoms. The van der Waals surface area contributed by atoms with Crippen molar-refractivity contribution in [2.45, 2.75) is 0 Å². The van der Waals surface area contributed by atoms with Crippen LogP contribution < -0.4 is 14.2 Å². The second-order valence-corrected chi connectivity index (χ2v) is 6.10. The van der Waals surface area contributed by atoms with E-state index in [0.717, 1.165) is 5.56 Å². The quantitative estimate of drug-likeness (QED) is 0.251. The van der Waals surface area contributed by atoms with Crippen LogP contribution in [0.2, 0.25) is 0 Å². The molecular weight excluding hydrogens is 368 g/mol. The van der Waals surface area contributed by atoms with Crippen molar-refractivity contribution in [2.75, 3.05) is 14.2 Å². The zero-order chi connectivity index (χ0) is 20.6. The first kappa shape index (κ1) is 19.9. The van der Waals surface area contributed by atoms with Gasteiger partial charge >= 0.3 is 5.97 Å². The number of esters is 1. The van der Waals surface area contributed by atoms with Gasteiger partial charge in [0.25, 0.3) is 0 Å². The topological polar surface area (TPSA) is 61.8 Å². The molecule has 0 radical (unpaired) electrons. The van der Waals surface area contributed by atoms with Crippen molar-refractivity contribution in [2.24, 2.45) is 0 Å². The summed E-state index contributed by atoms with van der Waals surface area (Å²) < 4.78 is 15.9. The molecule has 0 fully saturated rings. The molecule has 0 aliphatic carbocycles. The normalized spacial score (nSPS) is 10.6. The fourth-order valence-electron chi connectivity index (χ4n) is 2.65. The van der Waals surface area contributed by atoms with Crippen LogP contribution in [0.1, 0.15) is 26.3 Å². The highest BCUT2D eigenvalue weighted by Crippen LogP contribution is 2.29. The Kier molecular flexibility index (Phi) is 6.43. The summed E-state index contributed by atoms with van der Waals surface area (Å²) in [5.41, 5.74) is 1.72. The van der Waals surface area contributed by atoms with Gasteiger partial charge in [0.05, 0.1) is 19.8 Å². The lowest BCUT2D eigenvalue weighted by Gasteiger charge is -2.10. The molecule has 0 bridgehead atoms. The number of rotatable bonds is 7. The Morgan fingerprint density at radius 2 is 1.52 bits per heavy atom. The third-order valence-corrected chi connectivity index (χ3v) is 4.18. The van der Waals surface area contributed by atoms with E-state index in [9.17, 15) is 9.59 Å². The van der Waals surface area contributed by atoms with Crippen LogP contribution >= 0.6 is 0 Å². The predicted molar refractivity (Wildman–Crippen MR) is 111 cm³/mol. The third-order valence-electron chi connectivity index (χ3n) is 4.18. The molecule has 0 aliphatic heterocycles. The average Bonchev–Trinajstić information content (AvgIpc) is 2.78. The van der Waals surface area contributed by atoms with Crippen LogP contribution in [-0.4, -0.2) is 26.0 Å². The first-order valence-corrected chi connectivity index (χ1v) is 8.92. The summed E-state index contributed by atoms with van der Waals surface area (Å²) >= 11 is 0. The van der Waals surface area contributed by atoms with E-state index >= 15 is 0 Å². The molecule has 0 saturated heterocycles. The highest BCUT2D eigenvalue weighted by Gasteiger charge is 2.13. The molecule has 3 aromatic carbocycles. The molecule has 0 amide bonds. The second kappa shape index (κ2) is 9.37. The van der Waals surface area contributed by atoms with Crippen molar-refractivity contribution in [1.29, 1.82) is 0 Å². The van der Waals surface area contributed by atoms with Gasteiger partial charge in [-0.05, 0) is 42.0 Å². The lowest BCUT2D eigenvalue weighted by atomic mass is 10.1. The molecule has 3 rings (SSSR count). The van der Waals surface area contributed by atoms with Crippen LogP contribution in [0.5, 0.6) is 17.2 Å². The van der Waals surface area contributed by atoms with E-state index in [2.05, 4.69) is 0 Å². The summed E-state index contributed by atoms with van der Waals surface area (Å²) in [5.74, 6) is 0.611. The van der Waals surface area contributed by atoms with E-state index in [-0.39, 0.29) is 11.5 Å². The first-order chi connectivity index (χ1) is 14.1. The summed E-state index contributed by atoms with van der Waals surface area (Å²) in [5, 5.41) is 0. The van der Waals surface area contributed by atoms with Gasteiger partial charge < -0.3 is 14.2 Å². The number of methoxy groups -OCH3 is 2. The third kappa shape index (κ3) is 5.11. The fourth-order valence-corrected chi connectivity index (χ4v) is 2.65. The van der Waals surface area contributed by atoms with Crippen molar-refractivity contribution < 1.29 is 23.8 Å². The maximum atomic E-state index is 12.4. The number of ketones is 1. The van der Waals surface area contributed by atoms with E-state index in [4.69, 9.17) is 14.2 Å². The minimum Gasteiger partial charge on any atom is -0.497 e. The lowest BCUT2D eigenvalue weighted by Crippen LogP contribution is -2.09. The zero-order valence-corrected chi connectivity index (χ0v) is 16.1. The number of ether oxygens (including phenoxy) is 3. The molecule has 5 nitrogen and oxygen atoms in total. The van der Waals surface area contributed by atoms with Gasteiger partial charge in [-0.3, -0.25) is 4.79 Å². The molecule has 0 atom stereocenters. The average molecular weight is 388 g/mol. The van der Waals surface area contributed by atoms with Gasteiger partial charge in [-0.25, -0.2) is 4.79 Å². The molecule has 0 unspecified atom stereocenters. The number of carbonyl (C=O) groups excluding carboxylic acids is 2. The summed E-state index contributed by atoms with van der Waals surface area (Å²) in [6, 6.07) is 20.8. The van der Waals surface area contributed by atoms with Crippen LogP contribution in [0.4, 0.5) is 0 Å². The van der Waals surface area contributed by atoms with Gasteiger partial charge in [0.1, 0.15) is 5.75 Å². The number of hydrogen-bond acceptors (Lipinski definition) is 5. The van der Waals surface area contributed by atoms with Gasteiger partial charge in [0.2, 0.25) is 0 Å². The highest BCUT2D eigenvalue weighted by atomic mass is 16.6. The molecule has 0 aromatic heterocycles. The van der Waals surface area contributed by atoms with Crippen molar-refractivity contribution in [3.05, 3.63) is 95.6 Å². The molecule has 3 aromatic rings. The van der Waals surface area contributed by atoms with Crippen LogP contribution in [0, 0.1) is 0 Å². The maximum absolute atomic E-state index is 12.4. The molecular formula is C24H20O5. The van der Waals surface area contributed by atoms with Crippen LogP contribution in [0.25, 0.3) is 6.08 Å². The number of benzene rings is 3. The fraction of sp³-hybridized carbons (Fsp3) is 0.0833. The van der Waals surface area contributed by atoms with E-state index < -0.39 is 5.97 Å². The summed E-state index contributed by atoms with van der Waals surface area (Å²) in [6.45, 7) is 0. The van der Waals surface area contributed by atoms with E-state index in [1.807, 2.05) is 18.2 Å². The standard InChI is InChI=1S/C24H20O5/c1-27-20-10-6-9-19(16-20)24(26)29-22-14-12-17(15-23(22)28-2)11-13-21(25)18-7-4-3-5-8-18/h3-16H,1-2H3. The van der Waals surface area contributed by atoms with Gasteiger partial charge in [-0.15, -0.1) is 0 Å². The zero-order valence-electron chi connectivity index (χ0n) is 16.1. The highest BCUT2D eigenvalue weighted by molar-refractivity contribution is 6.06. The number of allylic oxidation sites excluding steroid dienone is 1. The summed E-state index contributed by atoms with van der Waals surface area (Å²) in [4.78, 5) is 24.6. The summed E-state index contributed by atoms with van der Waals surface area (Å²) in [6.07, 6.45) is 3.18. The largest absolute Gasteiger partial charge is 0.497 e. The second-order valence-electron chi connectivity index (χ2n) is 6.10. The van der Waals surface area contributed by atoms with Crippen molar-refractivity contribution in [1.82, 2.24) is 0 Å². The molecule has 0 heterocycles. The van der Waals surface area contributed by atoms with Crippen LogP contribution in [0.15, 0.2) is 78.9 Å². The molecule has 0 N–H and O–H groups in total. The Hall–Kier alpha value is -3.86. The smallest absolute Gasteiger partial charge is 0.343 e. The monoisotopic (exact) mass is 388 g/mol. The molecule has 29 heavy (non-hydrogen) atoms. The van der Waals surface area contributed by atoms with Gasteiger partial charge in [0, 0.05) is 5.56 Å². The van der Waals surface area contributed by atoms with Gasteiger partial charge in [-0.2, -0.15) is 0 Å². The van der Waals surface area contributed by atoms with Gasteiger partial charge in [-0.1, -0.05) is 48.5 Å². The number of carbonyl (C=O) groups is 2. The SMILES string of the molecule is COc1cccc(C(=O)Oc2ccc(C=CC(=O)c3ccccc3)cc2OC)c1. The Labute approximate surface area is 169 Å². The molecule has 146 valence electrons. The van der Waals surface area contributed by atoms with E-state index in [0.29, 0.717) is 22.6 Å². The van der Waals surface area contributed by atoms with Crippen molar-refractivity contribution >= 4 is 17.8 Å². The number of hydrogen-bond donors (Lipinski definition) is 0. The first-order valence-electron chi connectivity index (χ1n) is 8.92. The van der Waals surface area contributed by atoms with E-state index in [1.165, 1.54) is 20.3 Å². The van der Waals surface area contributed by atoms with Crippen molar-refractivity contribution in [3.8, 4) is 17.2 Å². The lowest BCUT2D eigenvalue weighted by molar-refractivity contribution is 0.0729. The molecule has 0 saturated carbocycles. The van der Waals surface area contributed by atoms with Crippen LogP contribution in [0.3, 0.4) is 0 Å². The summed E-state index contributed by atoms with van der Waals surface area (Å²) in [7, 11) is 3.02. The van der Waals surface area contributed by atoms with E-state index in [1.54, 1.807) is 60.7 Å². The van der Waals surface area contributed by atoms with Crippen LogP contribution in [-0.2, 0) is 0 Å². The Morgan fingerprint density at radius 1 is 0.759 bits per heavy atom. The Morgan fingerprint density at radius 3 is 2.24 bits per heavy atom. The minimum atomic E-state index is -0.523. The maximum Gasteiger partial charge on any atom is 0.343 e. The molecule has 0 aliphatic rings. The Bertz CT molecular complexity index is 1040. The minimum absolute atomic E-state index is 0.0990. The van der Waals surface area contributed by atoms with Gasteiger partial charge in [0.15, 0.2) is 17.3 Å². The molecule has 5 heteroatoms.